The zero-order valence-electron chi connectivity index (χ0n) is 26.3. The highest BCUT2D eigenvalue weighted by Gasteiger charge is 2.57. The van der Waals surface area contributed by atoms with Gasteiger partial charge in [-0.1, -0.05) is 90.4 Å². The number of carbonyl (C=O) groups excluding carboxylic acids is 2. The van der Waals surface area contributed by atoms with E-state index in [9.17, 15) is 29.4 Å². The number of unbranched alkanes of at least 4 members (excludes halogenated alkanes) is 13. The molecule has 2 aliphatic heterocycles. The molecule has 6 N–H and O–H groups in total. The smallest absolute Gasteiger partial charge is 0.330 e. The number of hydrogen-bond acceptors (Lipinski definition) is 9. The molecule has 7 atom stereocenters. The fourth-order valence-corrected chi connectivity index (χ4v) is 6.21. The first-order valence-corrected chi connectivity index (χ1v) is 16.5. The maximum atomic E-state index is 13.4. The molecule has 0 spiro atoms. The first-order chi connectivity index (χ1) is 21.2. The van der Waals surface area contributed by atoms with Crippen molar-refractivity contribution in [2.45, 2.75) is 147 Å². The van der Waals surface area contributed by atoms with Gasteiger partial charge in [-0.3, -0.25) is 23.9 Å². The summed E-state index contributed by atoms with van der Waals surface area (Å²) < 4.78 is 12.8. The van der Waals surface area contributed by atoms with E-state index in [0.717, 1.165) is 42.5 Å². The molecule has 3 rings (SSSR count). The average molecular weight is 624 g/mol. The molecule has 0 saturated carbocycles. The van der Waals surface area contributed by atoms with Crippen LogP contribution in [0.1, 0.15) is 110 Å². The Morgan fingerprint density at radius 3 is 1.98 bits per heavy atom. The molecule has 2 unspecified atom stereocenters. The van der Waals surface area contributed by atoms with E-state index >= 15 is 0 Å². The van der Waals surface area contributed by atoms with Crippen LogP contribution in [0.2, 0.25) is 0 Å². The largest absolute Gasteiger partial charge is 0.387 e. The SMILES string of the molecule is CCCCCCCCCCCCCCCCNC(=O)[C@@H]1[C@@H]([C@H]2O[C@@H](n3ccc(=O)[nH]c3=O)C(O)C2O)O[C@H](CN)N1C(C)=O. The predicted molar refractivity (Wildman–Crippen MR) is 165 cm³/mol. The minimum atomic E-state index is -1.57. The minimum Gasteiger partial charge on any atom is -0.387 e. The number of rotatable bonds is 19. The van der Waals surface area contributed by atoms with Crippen LogP contribution in [0, 0.1) is 0 Å². The van der Waals surface area contributed by atoms with Gasteiger partial charge in [0.25, 0.3) is 5.56 Å². The lowest BCUT2D eigenvalue weighted by atomic mass is 9.98. The van der Waals surface area contributed by atoms with E-state index in [0.29, 0.717) is 6.54 Å². The number of H-pyrrole nitrogens is 1. The van der Waals surface area contributed by atoms with Crippen molar-refractivity contribution in [1.29, 1.82) is 0 Å². The number of nitrogens with one attached hydrogen (secondary N) is 2. The van der Waals surface area contributed by atoms with E-state index in [1.165, 1.54) is 76.0 Å². The molecule has 2 saturated heterocycles. The molecule has 2 aliphatic rings. The summed E-state index contributed by atoms with van der Waals surface area (Å²) in [6.45, 7) is 3.84. The van der Waals surface area contributed by atoms with Crippen molar-refractivity contribution < 1.29 is 29.3 Å². The second kappa shape index (κ2) is 18.4. The van der Waals surface area contributed by atoms with E-state index in [1.807, 2.05) is 0 Å². The third-order valence-electron chi connectivity index (χ3n) is 8.62. The lowest BCUT2D eigenvalue weighted by Gasteiger charge is -2.29. The average Bonchev–Trinajstić information content (AvgIpc) is 3.52. The summed E-state index contributed by atoms with van der Waals surface area (Å²) >= 11 is 0. The molecule has 250 valence electrons. The summed E-state index contributed by atoms with van der Waals surface area (Å²) in [6.07, 6.45) is 10.4. The maximum absolute atomic E-state index is 13.4. The summed E-state index contributed by atoms with van der Waals surface area (Å²) in [7, 11) is 0. The third-order valence-corrected chi connectivity index (χ3v) is 8.62. The van der Waals surface area contributed by atoms with Gasteiger partial charge in [0.15, 0.2) is 6.23 Å². The van der Waals surface area contributed by atoms with E-state index in [1.54, 1.807) is 0 Å². The highest BCUT2D eigenvalue weighted by atomic mass is 16.6. The van der Waals surface area contributed by atoms with Gasteiger partial charge in [0.05, 0.1) is 0 Å². The summed E-state index contributed by atoms with van der Waals surface area (Å²) in [4.78, 5) is 53.1. The van der Waals surface area contributed by atoms with E-state index in [4.69, 9.17) is 15.2 Å². The Hall–Kier alpha value is -2.58. The molecule has 3 heterocycles. The number of aliphatic hydroxyl groups is 2. The van der Waals surface area contributed by atoms with Crippen LogP contribution < -0.4 is 22.3 Å². The van der Waals surface area contributed by atoms with Gasteiger partial charge in [-0.2, -0.15) is 0 Å². The Balaban J connectivity index is 1.48. The van der Waals surface area contributed by atoms with Gasteiger partial charge in [0.2, 0.25) is 11.8 Å². The summed E-state index contributed by atoms with van der Waals surface area (Å²) in [6, 6.07) is -0.0933. The highest BCUT2D eigenvalue weighted by molar-refractivity contribution is 5.88. The van der Waals surface area contributed by atoms with Crippen LogP contribution in [0.25, 0.3) is 0 Å². The summed E-state index contributed by atoms with van der Waals surface area (Å²) in [5, 5.41) is 24.5. The van der Waals surface area contributed by atoms with Crippen LogP contribution in [-0.4, -0.2) is 86.3 Å². The molecule has 1 aromatic heterocycles. The molecule has 44 heavy (non-hydrogen) atoms. The standard InChI is InChI=1S/C31H53N5O8/c1-3-4-5-6-7-8-9-10-11-12-13-14-15-16-18-33-29(41)24-27(43-23(20-32)36(24)21(2)37)28-25(39)26(40)30(44-28)35-19-17-22(38)34-31(35)42/h17,19,23-28,30,39-40H,3-16,18,20,32H2,1-2H3,(H,33,41)(H,34,38,42)/t23-,24+,25?,26?,27+,28+,30-/m1/s1. The quantitative estimate of drug-likeness (QED) is 0.143. The maximum Gasteiger partial charge on any atom is 0.330 e. The number of amides is 2. The Morgan fingerprint density at radius 1 is 0.886 bits per heavy atom. The van der Waals surface area contributed by atoms with E-state index < -0.39 is 66.0 Å². The zero-order valence-corrected chi connectivity index (χ0v) is 26.3. The van der Waals surface area contributed by atoms with Crippen molar-refractivity contribution in [2.24, 2.45) is 5.73 Å². The number of ether oxygens (including phenoxy) is 2. The van der Waals surface area contributed by atoms with Crippen LogP contribution in [-0.2, 0) is 19.1 Å². The second-order valence-corrected chi connectivity index (χ2v) is 12.0. The highest BCUT2D eigenvalue weighted by Crippen LogP contribution is 2.36. The number of aliphatic hydroxyl groups excluding tert-OH is 2. The number of aromatic amines is 1. The van der Waals surface area contributed by atoms with Crippen LogP contribution in [0.5, 0.6) is 0 Å². The number of nitrogens with zero attached hydrogens (tertiary/aromatic N) is 2. The number of nitrogens with two attached hydrogens (primary N) is 1. The van der Waals surface area contributed by atoms with Crippen molar-refractivity contribution in [1.82, 2.24) is 19.8 Å². The van der Waals surface area contributed by atoms with E-state index in [-0.39, 0.29) is 6.54 Å². The molecular weight excluding hydrogens is 570 g/mol. The Morgan fingerprint density at radius 2 is 1.45 bits per heavy atom. The molecule has 0 radical (unpaired) electrons. The number of aromatic nitrogens is 2. The van der Waals surface area contributed by atoms with Gasteiger partial charge in [0.1, 0.15) is 36.7 Å². The molecule has 0 aromatic carbocycles. The van der Waals surface area contributed by atoms with Crippen molar-refractivity contribution >= 4 is 11.8 Å². The van der Waals surface area contributed by atoms with Crippen molar-refractivity contribution in [3.63, 3.8) is 0 Å². The van der Waals surface area contributed by atoms with Crippen molar-refractivity contribution in [3.05, 3.63) is 33.1 Å². The third kappa shape index (κ3) is 9.71. The minimum absolute atomic E-state index is 0.104. The predicted octanol–water partition coefficient (Wildman–Crippen LogP) is 1.65. The fourth-order valence-electron chi connectivity index (χ4n) is 6.21. The first-order valence-electron chi connectivity index (χ1n) is 16.5. The molecule has 2 fully saturated rings. The van der Waals surface area contributed by atoms with Gasteiger partial charge in [-0.25, -0.2) is 4.79 Å². The lowest BCUT2D eigenvalue weighted by Crippen LogP contribution is -2.56. The first kappa shape index (κ1) is 35.9. The molecule has 13 heteroatoms. The second-order valence-electron chi connectivity index (χ2n) is 12.0. The monoisotopic (exact) mass is 623 g/mol. The molecular formula is C31H53N5O8. The lowest BCUT2D eigenvalue weighted by molar-refractivity contribution is -0.140. The summed E-state index contributed by atoms with van der Waals surface area (Å²) in [5.41, 5.74) is 4.38. The molecule has 13 nitrogen and oxygen atoms in total. The van der Waals surface area contributed by atoms with Crippen LogP contribution in [0.4, 0.5) is 0 Å². The molecule has 0 aliphatic carbocycles. The normalized spacial score (nSPS) is 26.8. The molecule has 0 bridgehead atoms. The van der Waals surface area contributed by atoms with Gasteiger partial charge >= 0.3 is 5.69 Å². The van der Waals surface area contributed by atoms with Gasteiger partial charge in [-0.15, -0.1) is 0 Å². The van der Waals surface area contributed by atoms with Crippen LogP contribution in [0.15, 0.2) is 21.9 Å². The fraction of sp³-hybridized carbons (Fsp3) is 0.806. The van der Waals surface area contributed by atoms with Gasteiger partial charge in [-0.05, 0) is 6.42 Å². The Kier molecular flexibility index (Phi) is 15.0. The molecule has 2 amide bonds. The van der Waals surface area contributed by atoms with Gasteiger partial charge in [0, 0.05) is 32.3 Å². The topological polar surface area (TPSA) is 189 Å². The number of carbonyl (C=O) groups is 2. The number of hydrogen-bond donors (Lipinski definition) is 5. The molecule has 1 aromatic rings. The van der Waals surface area contributed by atoms with Crippen LogP contribution in [0.3, 0.4) is 0 Å². The van der Waals surface area contributed by atoms with Crippen LogP contribution >= 0.6 is 0 Å². The van der Waals surface area contributed by atoms with Gasteiger partial charge < -0.3 is 35.6 Å². The Labute approximate surface area is 259 Å². The Bertz CT molecular complexity index is 1140. The van der Waals surface area contributed by atoms with E-state index in [2.05, 4.69) is 17.2 Å². The van der Waals surface area contributed by atoms with Crippen molar-refractivity contribution in [2.75, 3.05) is 13.1 Å². The zero-order chi connectivity index (χ0) is 32.1. The summed E-state index contributed by atoms with van der Waals surface area (Å²) in [5.74, 6) is -0.924. The van der Waals surface area contributed by atoms with Crippen molar-refractivity contribution in [3.8, 4) is 0 Å².